The summed E-state index contributed by atoms with van der Waals surface area (Å²) in [6, 6.07) is 0.706. The van der Waals surface area contributed by atoms with Gasteiger partial charge in [-0.2, -0.15) is 0 Å². The Morgan fingerprint density at radius 3 is 2.80 bits per heavy atom. The van der Waals surface area contributed by atoms with Crippen LogP contribution >= 0.6 is 15.9 Å². The van der Waals surface area contributed by atoms with Gasteiger partial charge in [0.1, 0.15) is 10.3 Å². The number of carbonyl (C=O) groups excluding carboxylic acids is 1. The minimum atomic E-state index is -0.743. The van der Waals surface area contributed by atoms with Crippen molar-refractivity contribution in [1.29, 1.82) is 0 Å². The lowest BCUT2D eigenvalue weighted by Gasteiger charge is -2.30. The van der Waals surface area contributed by atoms with E-state index in [1.54, 1.807) is 24.1 Å². The third-order valence-electron chi connectivity index (χ3n) is 4.17. The summed E-state index contributed by atoms with van der Waals surface area (Å²) in [4.78, 5) is 20.1. The number of anilines is 1. The summed E-state index contributed by atoms with van der Waals surface area (Å²) >= 11 is 2.96. The van der Waals surface area contributed by atoms with E-state index in [1.165, 1.54) is 0 Å². The van der Waals surface area contributed by atoms with Crippen molar-refractivity contribution < 1.29 is 13.6 Å². The summed E-state index contributed by atoms with van der Waals surface area (Å²) in [6.07, 6.45) is 6.42. The number of halogens is 3. The number of amides is 1. The van der Waals surface area contributed by atoms with Gasteiger partial charge in [-0.25, -0.2) is 18.7 Å². The predicted molar refractivity (Wildman–Crippen MR) is 92.2 cm³/mol. The van der Waals surface area contributed by atoms with Crippen molar-refractivity contribution in [3.8, 4) is 0 Å². The van der Waals surface area contributed by atoms with E-state index >= 15 is 0 Å². The number of pyridine rings is 1. The Morgan fingerprint density at radius 1 is 1.32 bits per heavy atom. The van der Waals surface area contributed by atoms with Crippen molar-refractivity contribution in [2.45, 2.75) is 37.8 Å². The maximum atomic E-state index is 13.9. The van der Waals surface area contributed by atoms with Gasteiger partial charge >= 0.3 is 0 Å². The molecule has 25 heavy (non-hydrogen) atoms. The second-order valence-electron chi connectivity index (χ2n) is 6.19. The molecule has 2 aromatic rings. The highest BCUT2D eigenvalue weighted by Crippen LogP contribution is 2.25. The van der Waals surface area contributed by atoms with Crippen LogP contribution in [-0.4, -0.2) is 32.5 Å². The highest BCUT2D eigenvalue weighted by atomic mass is 79.9. The van der Waals surface area contributed by atoms with Gasteiger partial charge in [-0.3, -0.25) is 4.79 Å². The number of hydrogen-bond donors (Lipinski definition) is 2. The molecule has 0 aliphatic heterocycles. The summed E-state index contributed by atoms with van der Waals surface area (Å²) in [6.45, 7) is 0. The molecule has 0 radical (unpaired) electrons. The first-order chi connectivity index (χ1) is 11.9. The smallest absolute Gasteiger partial charge is 0.271 e. The summed E-state index contributed by atoms with van der Waals surface area (Å²) < 4.78 is 28.8. The summed E-state index contributed by atoms with van der Waals surface area (Å²) in [5.74, 6) is -1.69. The first kappa shape index (κ1) is 17.8. The quantitative estimate of drug-likeness (QED) is 0.755. The number of hydrogen-bond acceptors (Lipinski definition) is 4. The van der Waals surface area contributed by atoms with E-state index in [0.717, 1.165) is 25.3 Å². The van der Waals surface area contributed by atoms with E-state index in [0.29, 0.717) is 12.1 Å². The Hall–Kier alpha value is -2.03. The fourth-order valence-corrected chi connectivity index (χ4v) is 3.27. The molecule has 2 aromatic heterocycles. The van der Waals surface area contributed by atoms with E-state index in [4.69, 9.17) is 0 Å². The van der Waals surface area contributed by atoms with Crippen LogP contribution in [0.1, 0.15) is 36.2 Å². The molecule has 2 N–H and O–H groups in total. The number of aryl methyl sites for hydroxylation is 1. The molecule has 1 aliphatic carbocycles. The molecule has 134 valence electrons. The standard InChI is InChI=1S/C16H18BrF2N5O/c1-24-7-13(20-8-24)16(25)22-10-4-2-3-9(5-10)21-15-12(19)6-11(18)14(17)23-15/h6-10H,2-5H2,1H3,(H,21,23)(H,22,25)/t9-,10+/m0/s1. The predicted octanol–water partition coefficient (Wildman–Crippen LogP) is 3.01. The van der Waals surface area contributed by atoms with Crippen molar-refractivity contribution in [3.05, 3.63) is 40.5 Å². The number of imidazole rings is 1. The van der Waals surface area contributed by atoms with Crippen LogP contribution in [-0.2, 0) is 7.05 Å². The van der Waals surface area contributed by atoms with Gasteiger partial charge in [-0.05, 0) is 41.6 Å². The first-order valence-corrected chi connectivity index (χ1v) is 8.78. The molecule has 0 bridgehead atoms. The molecule has 0 saturated heterocycles. The van der Waals surface area contributed by atoms with Crippen LogP contribution in [0, 0.1) is 11.6 Å². The average Bonchev–Trinajstić information content (AvgIpc) is 3.00. The minimum Gasteiger partial charge on any atom is -0.365 e. The van der Waals surface area contributed by atoms with Crippen molar-refractivity contribution >= 4 is 27.7 Å². The third-order valence-corrected chi connectivity index (χ3v) is 4.73. The molecule has 1 saturated carbocycles. The van der Waals surface area contributed by atoms with E-state index in [2.05, 4.69) is 36.5 Å². The van der Waals surface area contributed by atoms with Gasteiger partial charge in [0.05, 0.1) is 6.33 Å². The molecule has 2 heterocycles. The Balaban J connectivity index is 1.61. The Labute approximate surface area is 152 Å². The zero-order valence-electron chi connectivity index (χ0n) is 13.6. The lowest BCUT2D eigenvalue weighted by Crippen LogP contribution is -2.42. The molecule has 0 spiro atoms. The van der Waals surface area contributed by atoms with Gasteiger partial charge in [0.15, 0.2) is 17.5 Å². The highest BCUT2D eigenvalue weighted by molar-refractivity contribution is 9.10. The Bertz CT molecular complexity index is 782. The second kappa shape index (κ2) is 7.47. The summed E-state index contributed by atoms with van der Waals surface area (Å²) in [7, 11) is 1.80. The number of rotatable bonds is 4. The summed E-state index contributed by atoms with van der Waals surface area (Å²) in [5.41, 5.74) is 0.368. The van der Waals surface area contributed by atoms with Crippen LogP contribution in [0.3, 0.4) is 0 Å². The normalized spacial score (nSPS) is 20.3. The first-order valence-electron chi connectivity index (χ1n) is 7.99. The minimum absolute atomic E-state index is 0.00924. The third kappa shape index (κ3) is 4.33. The molecular formula is C16H18BrF2N5O. The molecule has 0 unspecified atom stereocenters. The monoisotopic (exact) mass is 413 g/mol. The van der Waals surface area contributed by atoms with E-state index in [9.17, 15) is 13.6 Å². The zero-order chi connectivity index (χ0) is 18.0. The molecule has 9 heteroatoms. The van der Waals surface area contributed by atoms with E-state index in [1.807, 2.05) is 0 Å². The van der Waals surface area contributed by atoms with Crippen molar-refractivity contribution in [3.63, 3.8) is 0 Å². The fourth-order valence-electron chi connectivity index (χ4n) is 2.98. The lowest BCUT2D eigenvalue weighted by atomic mass is 9.91. The van der Waals surface area contributed by atoms with Crippen molar-refractivity contribution in [2.24, 2.45) is 7.05 Å². The number of nitrogens with one attached hydrogen (secondary N) is 2. The SMILES string of the molecule is Cn1cnc(C(=O)N[C@@H]2CCC[C@H](Nc3nc(Br)c(F)cc3F)C2)c1. The topological polar surface area (TPSA) is 71.8 Å². The van der Waals surface area contributed by atoms with E-state index < -0.39 is 11.6 Å². The Morgan fingerprint density at radius 2 is 2.08 bits per heavy atom. The highest BCUT2D eigenvalue weighted by Gasteiger charge is 2.25. The molecule has 2 atom stereocenters. The molecule has 3 rings (SSSR count). The molecule has 6 nitrogen and oxygen atoms in total. The number of carbonyl (C=O) groups is 1. The number of nitrogens with zero attached hydrogens (tertiary/aromatic N) is 3. The van der Waals surface area contributed by atoms with Gasteiger partial charge in [0.2, 0.25) is 0 Å². The van der Waals surface area contributed by atoms with Crippen LogP contribution in [0.25, 0.3) is 0 Å². The number of aromatic nitrogens is 3. The molecular weight excluding hydrogens is 396 g/mol. The van der Waals surface area contributed by atoms with Gasteiger partial charge in [-0.1, -0.05) is 0 Å². The average molecular weight is 414 g/mol. The van der Waals surface area contributed by atoms with Crippen LogP contribution in [0.4, 0.5) is 14.6 Å². The van der Waals surface area contributed by atoms with Gasteiger partial charge in [0.25, 0.3) is 5.91 Å². The molecule has 1 fully saturated rings. The van der Waals surface area contributed by atoms with Crippen LogP contribution in [0.15, 0.2) is 23.2 Å². The Kier molecular flexibility index (Phi) is 5.31. The van der Waals surface area contributed by atoms with Gasteiger partial charge < -0.3 is 15.2 Å². The van der Waals surface area contributed by atoms with Gasteiger partial charge in [0, 0.05) is 31.4 Å². The van der Waals surface area contributed by atoms with Crippen LogP contribution < -0.4 is 10.6 Å². The molecule has 1 aliphatic rings. The van der Waals surface area contributed by atoms with Crippen LogP contribution in [0.2, 0.25) is 0 Å². The van der Waals surface area contributed by atoms with Crippen molar-refractivity contribution in [2.75, 3.05) is 5.32 Å². The lowest BCUT2D eigenvalue weighted by molar-refractivity contribution is 0.0921. The fraction of sp³-hybridized carbons (Fsp3) is 0.438. The second-order valence-corrected chi connectivity index (χ2v) is 6.95. The summed E-state index contributed by atoms with van der Waals surface area (Å²) in [5, 5.41) is 5.97. The maximum absolute atomic E-state index is 13.9. The maximum Gasteiger partial charge on any atom is 0.271 e. The van der Waals surface area contributed by atoms with Crippen molar-refractivity contribution in [1.82, 2.24) is 19.9 Å². The van der Waals surface area contributed by atoms with Gasteiger partial charge in [-0.15, -0.1) is 0 Å². The largest absolute Gasteiger partial charge is 0.365 e. The van der Waals surface area contributed by atoms with Crippen LogP contribution in [0.5, 0.6) is 0 Å². The molecule has 0 aromatic carbocycles. The molecule has 1 amide bonds. The van der Waals surface area contributed by atoms with E-state index in [-0.39, 0.29) is 28.4 Å². The zero-order valence-corrected chi connectivity index (χ0v) is 15.2.